The van der Waals surface area contributed by atoms with E-state index in [9.17, 15) is 4.39 Å². The molecule has 0 aliphatic heterocycles. The minimum atomic E-state index is -0.210. The molecule has 7 heteroatoms. The summed E-state index contributed by atoms with van der Waals surface area (Å²) >= 11 is 1.42. The third-order valence-corrected chi connectivity index (χ3v) is 3.64. The van der Waals surface area contributed by atoms with E-state index in [1.165, 1.54) is 17.8 Å². The number of benzene rings is 1. The van der Waals surface area contributed by atoms with Crippen LogP contribution in [0.4, 0.5) is 16.0 Å². The van der Waals surface area contributed by atoms with Crippen LogP contribution in [0.5, 0.6) is 0 Å². The molecule has 0 spiro atoms. The van der Waals surface area contributed by atoms with Crippen molar-refractivity contribution in [1.29, 1.82) is 0 Å². The zero-order chi connectivity index (χ0) is 15.4. The molecular formula is C14H18FN5S. The quantitative estimate of drug-likeness (QED) is 0.341. The number of hydrogen-bond donors (Lipinski definition) is 3. The van der Waals surface area contributed by atoms with Crippen LogP contribution < -0.4 is 16.6 Å². The van der Waals surface area contributed by atoms with Crippen molar-refractivity contribution < 1.29 is 4.39 Å². The summed E-state index contributed by atoms with van der Waals surface area (Å²) in [5, 5.41) is 3.83. The first-order valence-electron chi connectivity index (χ1n) is 6.45. The Kier molecular flexibility index (Phi) is 4.98. The molecule has 2 rings (SSSR count). The molecule has 0 aliphatic carbocycles. The van der Waals surface area contributed by atoms with E-state index in [1.54, 1.807) is 19.1 Å². The van der Waals surface area contributed by atoms with Crippen molar-refractivity contribution >= 4 is 23.4 Å². The van der Waals surface area contributed by atoms with Gasteiger partial charge in [0, 0.05) is 6.07 Å². The van der Waals surface area contributed by atoms with Crippen molar-refractivity contribution in [2.45, 2.75) is 25.0 Å². The van der Waals surface area contributed by atoms with Crippen molar-refractivity contribution in [2.75, 3.05) is 17.0 Å². The average molecular weight is 307 g/mol. The Hall–Kier alpha value is -1.86. The molecule has 0 bridgehead atoms. The van der Waals surface area contributed by atoms with E-state index < -0.39 is 0 Å². The lowest BCUT2D eigenvalue weighted by atomic mass is 10.1. The fourth-order valence-electron chi connectivity index (χ4n) is 1.85. The van der Waals surface area contributed by atoms with E-state index in [0.717, 1.165) is 5.56 Å². The summed E-state index contributed by atoms with van der Waals surface area (Å²) in [4.78, 5) is 8.55. The van der Waals surface area contributed by atoms with Gasteiger partial charge in [0.05, 0.1) is 6.04 Å². The molecule has 1 unspecified atom stereocenters. The largest absolute Gasteiger partial charge is 0.363 e. The van der Waals surface area contributed by atoms with E-state index in [2.05, 4.69) is 20.7 Å². The Balaban J connectivity index is 2.22. The first-order valence-corrected chi connectivity index (χ1v) is 7.68. The van der Waals surface area contributed by atoms with E-state index in [1.807, 2.05) is 19.2 Å². The molecule has 0 aliphatic rings. The van der Waals surface area contributed by atoms with E-state index in [-0.39, 0.29) is 11.9 Å². The second kappa shape index (κ2) is 6.73. The number of nitrogens with zero attached hydrogens (tertiary/aromatic N) is 2. The number of nitrogens with two attached hydrogens (primary N) is 1. The molecule has 1 aromatic heterocycles. The van der Waals surface area contributed by atoms with Gasteiger partial charge in [0.15, 0.2) is 5.16 Å². The zero-order valence-electron chi connectivity index (χ0n) is 12.1. The van der Waals surface area contributed by atoms with Crippen molar-refractivity contribution in [1.82, 2.24) is 9.97 Å². The van der Waals surface area contributed by atoms with Crippen LogP contribution in [0, 0.1) is 12.7 Å². The Morgan fingerprint density at radius 2 is 1.95 bits per heavy atom. The molecule has 0 saturated heterocycles. The third-order valence-electron chi connectivity index (χ3n) is 3.10. The van der Waals surface area contributed by atoms with Gasteiger partial charge in [-0.15, -0.1) is 0 Å². The molecule has 0 fully saturated rings. The zero-order valence-corrected chi connectivity index (χ0v) is 13.0. The van der Waals surface area contributed by atoms with Gasteiger partial charge in [-0.25, -0.2) is 20.2 Å². The first kappa shape index (κ1) is 15.5. The van der Waals surface area contributed by atoms with Crippen molar-refractivity contribution in [2.24, 2.45) is 5.84 Å². The SMILES string of the molecule is CSc1nc(NN)cc(NC(C)c2ccc(C)c(F)c2)n1. The van der Waals surface area contributed by atoms with E-state index >= 15 is 0 Å². The second-order valence-electron chi connectivity index (χ2n) is 4.64. The smallest absolute Gasteiger partial charge is 0.191 e. The predicted octanol–water partition coefficient (Wildman–Crippen LogP) is 3.10. The number of hydrazine groups is 1. The molecule has 0 amide bonds. The van der Waals surface area contributed by atoms with E-state index in [0.29, 0.717) is 22.4 Å². The maximum atomic E-state index is 13.6. The molecular weight excluding hydrogens is 289 g/mol. The van der Waals surface area contributed by atoms with Crippen LogP contribution in [0.3, 0.4) is 0 Å². The van der Waals surface area contributed by atoms with Crippen LogP contribution in [0.15, 0.2) is 29.4 Å². The number of rotatable bonds is 5. The number of anilines is 2. The van der Waals surface area contributed by atoms with Crippen LogP contribution in [-0.2, 0) is 0 Å². The van der Waals surface area contributed by atoms with Crippen LogP contribution in [0.1, 0.15) is 24.1 Å². The van der Waals surface area contributed by atoms with Gasteiger partial charge in [-0.05, 0) is 37.3 Å². The maximum Gasteiger partial charge on any atom is 0.191 e. The first-order chi connectivity index (χ1) is 10.0. The number of nitrogens with one attached hydrogen (secondary N) is 2. The van der Waals surface area contributed by atoms with Crippen LogP contribution >= 0.6 is 11.8 Å². The Bertz CT molecular complexity index is 613. The number of aryl methyl sites for hydroxylation is 1. The maximum absolute atomic E-state index is 13.6. The Morgan fingerprint density at radius 3 is 2.57 bits per heavy atom. The number of thioether (sulfide) groups is 1. The minimum Gasteiger partial charge on any atom is -0.363 e. The lowest BCUT2D eigenvalue weighted by Crippen LogP contribution is -2.13. The molecule has 4 N–H and O–H groups in total. The van der Waals surface area contributed by atoms with Crippen molar-refractivity contribution in [3.8, 4) is 0 Å². The molecule has 1 atom stereocenters. The van der Waals surface area contributed by atoms with Crippen LogP contribution in [0.2, 0.25) is 0 Å². The fourth-order valence-corrected chi connectivity index (χ4v) is 2.23. The van der Waals surface area contributed by atoms with Crippen molar-refractivity contribution in [3.63, 3.8) is 0 Å². The topological polar surface area (TPSA) is 75.9 Å². The molecule has 1 heterocycles. The van der Waals surface area contributed by atoms with Gasteiger partial charge in [-0.2, -0.15) is 0 Å². The Morgan fingerprint density at radius 1 is 1.24 bits per heavy atom. The molecule has 5 nitrogen and oxygen atoms in total. The highest BCUT2D eigenvalue weighted by Crippen LogP contribution is 2.23. The number of aromatic nitrogens is 2. The Labute approximate surface area is 127 Å². The van der Waals surface area contributed by atoms with E-state index in [4.69, 9.17) is 5.84 Å². The van der Waals surface area contributed by atoms with Gasteiger partial charge < -0.3 is 10.7 Å². The summed E-state index contributed by atoms with van der Waals surface area (Å²) in [6.45, 7) is 3.69. The third kappa shape index (κ3) is 3.83. The summed E-state index contributed by atoms with van der Waals surface area (Å²) in [6.07, 6.45) is 1.89. The van der Waals surface area contributed by atoms with Crippen molar-refractivity contribution in [3.05, 3.63) is 41.2 Å². The van der Waals surface area contributed by atoms with Crippen LogP contribution in [-0.4, -0.2) is 16.2 Å². The fraction of sp³-hybridized carbons (Fsp3) is 0.286. The molecule has 2 aromatic rings. The van der Waals surface area contributed by atoms with Crippen LogP contribution in [0.25, 0.3) is 0 Å². The number of halogens is 1. The van der Waals surface area contributed by atoms with Gasteiger partial charge in [-0.1, -0.05) is 23.9 Å². The summed E-state index contributed by atoms with van der Waals surface area (Å²) in [5.41, 5.74) is 3.99. The predicted molar refractivity (Wildman–Crippen MR) is 84.8 cm³/mol. The molecule has 0 radical (unpaired) electrons. The lowest BCUT2D eigenvalue weighted by Gasteiger charge is -2.16. The molecule has 112 valence electrons. The summed E-state index contributed by atoms with van der Waals surface area (Å²) in [7, 11) is 0. The lowest BCUT2D eigenvalue weighted by molar-refractivity contribution is 0.614. The highest BCUT2D eigenvalue weighted by molar-refractivity contribution is 7.98. The molecule has 21 heavy (non-hydrogen) atoms. The van der Waals surface area contributed by atoms with Gasteiger partial charge in [0.25, 0.3) is 0 Å². The highest BCUT2D eigenvalue weighted by Gasteiger charge is 2.10. The normalized spacial score (nSPS) is 12.0. The molecule has 0 saturated carbocycles. The highest BCUT2D eigenvalue weighted by atomic mass is 32.2. The second-order valence-corrected chi connectivity index (χ2v) is 5.42. The number of hydrogen-bond acceptors (Lipinski definition) is 6. The van der Waals surface area contributed by atoms with Gasteiger partial charge >= 0.3 is 0 Å². The summed E-state index contributed by atoms with van der Waals surface area (Å²) in [5.74, 6) is 6.35. The van der Waals surface area contributed by atoms with Gasteiger partial charge in [0.1, 0.15) is 17.5 Å². The van der Waals surface area contributed by atoms with Gasteiger partial charge in [0.2, 0.25) is 0 Å². The molecule has 1 aromatic carbocycles. The van der Waals surface area contributed by atoms with Gasteiger partial charge in [-0.3, -0.25) is 0 Å². The minimum absolute atomic E-state index is 0.0877. The number of nitrogen functional groups attached to an aromatic ring is 1. The monoisotopic (exact) mass is 307 g/mol. The average Bonchev–Trinajstić information content (AvgIpc) is 2.49. The standard InChI is InChI=1S/C14H18FN5S/c1-8-4-5-10(6-11(8)15)9(2)17-12-7-13(20-16)19-14(18-12)21-3/h4-7,9H,16H2,1-3H3,(H2,17,18,19,20). The summed E-state index contributed by atoms with van der Waals surface area (Å²) in [6, 6.07) is 6.82. The summed E-state index contributed by atoms with van der Waals surface area (Å²) < 4.78 is 13.6.